The molecule has 0 radical (unpaired) electrons. The Labute approximate surface area is 174 Å². The van der Waals surface area contributed by atoms with Crippen molar-refractivity contribution >= 4 is 17.5 Å². The van der Waals surface area contributed by atoms with Gasteiger partial charge >= 0.3 is 0 Å². The first kappa shape index (κ1) is 20.9. The largest absolute Gasteiger partial charge is 0.491 e. The number of hydrogen-bond donors (Lipinski definition) is 1. The molecule has 29 heavy (non-hydrogen) atoms. The molecule has 0 bridgehead atoms. The minimum Gasteiger partial charge on any atom is -0.491 e. The van der Waals surface area contributed by atoms with E-state index in [-0.39, 0.29) is 23.0 Å². The molecule has 1 N–H and O–H groups in total. The van der Waals surface area contributed by atoms with E-state index in [2.05, 4.69) is 10.4 Å². The number of carbonyl (C=O) groups is 1. The molecule has 0 atom stereocenters. The van der Waals surface area contributed by atoms with Crippen molar-refractivity contribution in [2.45, 2.75) is 40.0 Å². The van der Waals surface area contributed by atoms with Gasteiger partial charge in [0, 0.05) is 6.54 Å². The number of aromatic nitrogens is 2. The molecule has 3 aromatic rings. The predicted molar refractivity (Wildman–Crippen MR) is 111 cm³/mol. The fourth-order valence-corrected chi connectivity index (χ4v) is 3.23. The highest BCUT2D eigenvalue weighted by Crippen LogP contribution is 2.21. The summed E-state index contributed by atoms with van der Waals surface area (Å²) in [6.45, 7) is 6.39. The van der Waals surface area contributed by atoms with Crippen LogP contribution in [0.15, 0.2) is 48.5 Å². The predicted octanol–water partition coefficient (Wildman–Crippen LogP) is 4.75. The van der Waals surface area contributed by atoms with E-state index in [4.69, 9.17) is 16.3 Å². The fraction of sp³-hybridized carbons (Fsp3) is 0.273. The third kappa shape index (κ3) is 5.35. The van der Waals surface area contributed by atoms with Crippen molar-refractivity contribution in [1.82, 2.24) is 15.1 Å². The van der Waals surface area contributed by atoms with Crippen molar-refractivity contribution < 1.29 is 13.9 Å². The summed E-state index contributed by atoms with van der Waals surface area (Å²) in [5, 5.41) is 7.49. The maximum atomic E-state index is 13.1. The highest BCUT2D eigenvalue weighted by atomic mass is 35.5. The van der Waals surface area contributed by atoms with Gasteiger partial charge in [-0.3, -0.25) is 4.79 Å². The van der Waals surface area contributed by atoms with Gasteiger partial charge in [0.05, 0.1) is 23.9 Å². The number of hydrogen-bond acceptors (Lipinski definition) is 3. The summed E-state index contributed by atoms with van der Waals surface area (Å²) >= 11 is 6.41. The van der Waals surface area contributed by atoms with Crippen molar-refractivity contribution in [3.05, 3.63) is 81.9 Å². The van der Waals surface area contributed by atoms with Crippen LogP contribution in [0.5, 0.6) is 5.75 Å². The summed E-state index contributed by atoms with van der Waals surface area (Å²) in [6, 6.07) is 13.6. The lowest BCUT2D eigenvalue weighted by Gasteiger charge is -2.10. The van der Waals surface area contributed by atoms with Gasteiger partial charge in [-0.05, 0) is 56.2 Å². The molecular weight excluding hydrogens is 393 g/mol. The minimum absolute atomic E-state index is 0.108. The Morgan fingerprint density at radius 2 is 1.76 bits per heavy atom. The lowest BCUT2D eigenvalue weighted by atomic mass is 10.2. The number of carbonyl (C=O) groups excluding carboxylic acids is 1. The molecule has 1 heterocycles. The Kier molecular flexibility index (Phi) is 6.54. The molecule has 1 aromatic heterocycles. The summed E-state index contributed by atoms with van der Waals surface area (Å²) in [7, 11) is 0. The SMILES string of the molecule is Cc1nn(Cc2ccc(F)cc2)c(Cl)c1C(=O)NCc1ccc(OC(C)C)cc1. The van der Waals surface area contributed by atoms with Crippen LogP contribution < -0.4 is 10.1 Å². The molecule has 0 unspecified atom stereocenters. The van der Waals surface area contributed by atoms with E-state index in [1.54, 1.807) is 19.1 Å². The molecule has 152 valence electrons. The van der Waals surface area contributed by atoms with Gasteiger partial charge in [-0.1, -0.05) is 35.9 Å². The van der Waals surface area contributed by atoms with Gasteiger partial charge < -0.3 is 10.1 Å². The Morgan fingerprint density at radius 3 is 2.38 bits per heavy atom. The van der Waals surface area contributed by atoms with E-state index in [9.17, 15) is 9.18 Å². The average Bonchev–Trinajstić information content (AvgIpc) is 2.95. The molecule has 5 nitrogen and oxygen atoms in total. The van der Waals surface area contributed by atoms with Gasteiger partial charge in [0.15, 0.2) is 0 Å². The van der Waals surface area contributed by atoms with E-state index in [1.807, 2.05) is 38.1 Å². The second kappa shape index (κ2) is 9.09. The molecule has 3 rings (SSSR count). The maximum Gasteiger partial charge on any atom is 0.256 e. The van der Waals surface area contributed by atoms with Crippen LogP contribution in [0.1, 0.15) is 41.0 Å². The van der Waals surface area contributed by atoms with Crippen LogP contribution in [0.4, 0.5) is 4.39 Å². The van der Waals surface area contributed by atoms with Gasteiger partial charge in [-0.2, -0.15) is 5.10 Å². The minimum atomic E-state index is -0.305. The highest BCUT2D eigenvalue weighted by Gasteiger charge is 2.20. The van der Waals surface area contributed by atoms with Crippen LogP contribution in [0.25, 0.3) is 0 Å². The molecule has 0 fully saturated rings. The number of nitrogens with zero attached hydrogens (tertiary/aromatic N) is 2. The van der Waals surface area contributed by atoms with E-state index in [0.717, 1.165) is 16.9 Å². The van der Waals surface area contributed by atoms with Gasteiger partial charge in [-0.15, -0.1) is 0 Å². The van der Waals surface area contributed by atoms with Gasteiger partial charge in [-0.25, -0.2) is 9.07 Å². The second-order valence-corrected chi connectivity index (χ2v) is 7.39. The molecule has 0 spiro atoms. The molecule has 0 aliphatic heterocycles. The Bertz CT molecular complexity index is 983. The molecular formula is C22H23ClFN3O2. The summed E-state index contributed by atoms with van der Waals surface area (Å²) in [6.07, 6.45) is 0.108. The zero-order valence-electron chi connectivity index (χ0n) is 16.6. The number of nitrogens with one attached hydrogen (secondary N) is 1. The van der Waals surface area contributed by atoms with E-state index >= 15 is 0 Å². The van der Waals surface area contributed by atoms with Crippen LogP contribution in [-0.2, 0) is 13.1 Å². The number of amides is 1. The van der Waals surface area contributed by atoms with Gasteiger partial charge in [0.1, 0.15) is 16.7 Å². The quantitative estimate of drug-likeness (QED) is 0.605. The van der Waals surface area contributed by atoms with Crippen molar-refractivity contribution in [3.8, 4) is 5.75 Å². The fourth-order valence-electron chi connectivity index (χ4n) is 2.91. The Morgan fingerprint density at radius 1 is 1.14 bits per heavy atom. The van der Waals surface area contributed by atoms with Gasteiger partial charge in [0.25, 0.3) is 5.91 Å². The number of benzene rings is 2. The lowest BCUT2D eigenvalue weighted by molar-refractivity contribution is 0.0950. The number of halogens is 2. The van der Waals surface area contributed by atoms with Crippen LogP contribution in [-0.4, -0.2) is 21.8 Å². The number of aryl methyl sites for hydroxylation is 1. The molecule has 2 aromatic carbocycles. The Hall–Kier alpha value is -2.86. The van der Waals surface area contributed by atoms with E-state index < -0.39 is 0 Å². The highest BCUT2D eigenvalue weighted by molar-refractivity contribution is 6.33. The third-order valence-electron chi connectivity index (χ3n) is 4.29. The average molecular weight is 416 g/mol. The molecule has 7 heteroatoms. The summed E-state index contributed by atoms with van der Waals surface area (Å²) in [4.78, 5) is 12.7. The zero-order chi connectivity index (χ0) is 21.0. The zero-order valence-corrected chi connectivity index (χ0v) is 17.3. The van der Waals surface area contributed by atoms with Crippen molar-refractivity contribution in [3.63, 3.8) is 0 Å². The van der Waals surface area contributed by atoms with Crippen molar-refractivity contribution in [1.29, 1.82) is 0 Å². The molecule has 0 saturated heterocycles. The van der Waals surface area contributed by atoms with Crippen molar-refractivity contribution in [2.75, 3.05) is 0 Å². The normalized spacial score (nSPS) is 11.0. The van der Waals surface area contributed by atoms with Crippen LogP contribution >= 0.6 is 11.6 Å². The third-order valence-corrected chi connectivity index (χ3v) is 4.67. The second-order valence-electron chi connectivity index (χ2n) is 7.03. The lowest BCUT2D eigenvalue weighted by Crippen LogP contribution is -2.23. The van der Waals surface area contributed by atoms with E-state index in [0.29, 0.717) is 24.3 Å². The summed E-state index contributed by atoms with van der Waals surface area (Å²) < 4.78 is 20.2. The number of ether oxygens (including phenoxy) is 1. The van der Waals surface area contributed by atoms with E-state index in [1.165, 1.54) is 16.8 Å². The maximum absolute atomic E-state index is 13.1. The first-order valence-corrected chi connectivity index (χ1v) is 9.72. The molecule has 0 saturated carbocycles. The van der Waals surface area contributed by atoms with Crippen LogP contribution in [0.2, 0.25) is 5.15 Å². The summed E-state index contributed by atoms with van der Waals surface area (Å²) in [5.74, 6) is 0.191. The first-order chi connectivity index (χ1) is 13.8. The molecule has 1 amide bonds. The smallest absolute Gasteiger partial charge is 0.256 e. The topological polar surface area (TPSA) is 56.2 Å². The van der Waals surface area contributed by atoms with Crippen molar-refractivity contribution in [2.24, 2.45) is 0 Å². The van der Waals surface area contributed by atoms with Crippen LogP contribution in [0.3, 0.4) is 0 Å². The molecule has 0 aliphatic carbocycles. The monoisotopic (exact) mass is 415 g/mol. The first-order valence-electron chi connectivity index (χ1n) is 9.34. The standard InChI is InChI=1S/C22H23ClFN3O2/c1-14(2)29-19-10-6-16(7-11-19)12-25-22(28)20-15(3)26-27(21(20)23)13-17-4-8-18(24)9-5-17/h4-11,14H,12-13H2,1-3H3,(H,25,28). The Balaban J connectivity index is 1.66. The molecule has 0 aliphatic rings. The summed E-state index contributed by atoms with van der Waals surface area (Å²) in [5.41, 5.74) is 2.66. The number of rotatable bonds is 7. The van der Waals surface area contributed by atoms with Gasteiger partial charge in [0.2, 0.25) is 0 Å². The van der Waals surface area contributed by atoms with Crippen LogP contribution in [0, 0.1) is 12.7 Å².